The summed E-state index contributed by atoms with van der Waals surface area (Å²) in [6.07, 6.45) is -3.77. The highest BCUT2D eigenvalue weighted by atomic mass is 19.4. The lowest BCUT2D eigenvalue weighted by molar-refractivity contribution is -0.137. The van der Waals surface area contributed by atoms with Crippen molar-refractivity contribution in [3.63, 3.8) is 0 Å². The molecule has 3 rings (SSSR count). The van der Waals surface area contributed by atoms with E-state index >= 15 is 0 Å². The number of hydrogen-bond acceptors (Lipinski definition) is 2. The minimum absolute atomic E-state index is 0.234. The summed E-state index contributed by atoms with van der Waals surface area (Å²) in [6, 6.07) is 11.7. The number of anilines is 1. The van der Waals surface area contributed by atoms with E-state index in [2.05, 4.69) is 5.32 Å². The zero-order chi connectivity index (χ0) is 18.0. The van der Waals surface area contributed by atoms with E-state index in [9.17, 15) is 22.8 Å². The largest absolute Gasteiger partial charge is 0.416 e. The fraction of sp³-hybridized carbons (Fsp3) is 0.222. The lowest BCUT2D eigenvalue weighted by atomic mass is 10.0. The second-order valence-corrected chi connectivity index (χ2v) is 5.80. The van der Waals surface area contributed by atoms with Gasteiger partial charge in [-0.1, -0.05) is 30.3 Å². The van der Waals surface area contributed by atoms with Crippen LogP contribution in [0.15, 0.2) is 48.5 Å². The van der Waals surface area contributed by atoms with Crippen LogP contribution in [-0.2, 0) is 17.4 Å². The van der Waals surface area contributed by atoms with Gasteiger partial charge in [-0.15, -0.1) is 0 Å². The molecule has 1 heterocycles. The number of nitrogens with one attached hydrogen (secondary N) is 1. The van der Waals surface area contributed by atoms with Gasteiger partial charge in [0.2, 0.25) is 5.91 Å². The van der Waals surface area contributed by atoms with Gasteiger partial charge in [-0.3, -0.25) is 15.0 Å². The number of rotatable bonds is 3. The molecule has 3 amide bonds. The van der Waals surface area contributed by atoms with Gasteiger partial charge in [0, 0.05) is 18.7 Å². The first-order valence-electron chi connectivity index (χ1n) is 7.69. The number of nitrogens with zero attached hydrogens (tertiary/aromatic N) is 1. The summed E-state index contributed by atoms with van der Waals surface area (Å²) in [5.74, 6) is -0.303. The van der Waals surface area contributed by atoms with Crippen molar-refractivity contribution in [2.75, 3.05) is 11.4 Å². The van der Waals surface area contributed by atoms with Crippen LogP contribution in [0.2, 0.25) is 0 Å². The first kappa shape index (κ1) is 17.0. The predicted octanol–water partition coefficient (Wildman–Crippen LogP) is 3.74. The van der Waals surface area contributed by atoms with Crippen LogP contribution in [0.4, 0.5) is 23.7 Å². The summed E-state index contributed by atoms with van der Waals surface area (Å²) in [7, 11) is 0. The van der Waals surface area contributed by atoms with Crippen molar-refractivity contribution in [3.05, 3.63) is 65.2 Å². The standard InChI is InChI=1S/C18H15F3N2O2/c19-18(20,21)14-3-1-2-13(11-14)10-12-4-6-15(7-5-12)23-9-8-16(24)22-17(23)25/h1-7,11H,8-10H2,(H,22,24,25). The molecule has 1 aliphatic rings. The Kier molecular flexibility index (Phi) is 4.48. The number of alkyl halides is 3. The zero-order valence-corrected chi connectivity index (χ0v) is 13.1. The number of carbonyl (C=O) groups is 2. The average Bonchev–Trinajstić information content (AvgIpc) is 2.55. The van der Waals surface area contributed by atoms with Crippen LogP contribution in [0.25, 0.3) is 0 Å². The topological polar surface area (TPSA) is 49.4 Å². The monoisotopic (exact) mass is 348 g/mol. The summed E-state index contributed by atoms with van der Waals surface area (Å²) < 4.78 is 38.3. The first-order chi connectivity index (χ1) is 11.8. The molecular weight excluding hydrogens is 333 g/mol. The highest BCUT2D eigenvalue weighted by molar-refractivity contribution is 6.05. The van der Waals surface area contributed by atoms with Crippen molar-refractivity contribution in [1.29, 1.82) is 0 Å². The molecule has 0 aromatic heterocycles. The molecule has 7 heteroatoms. The van der Waals surface area contributed by atoms with Crippen LogP contribution in [0, 0.1) is 0 Å². The maximum atomic E-state index is 12.8. The minimum atomic E-state index is -4.36. The average molecular weight is 348 g/mol. The van der Waals surface area contributed by atoms with E-state index < -0.39 is 17.8 Å². The number of urea groups is 1. The molecule has 0 radical (unpaired) electrons. The number of imide groups is 1. The summed E-state index contributed by atoms with van der Waals surface area (Å²) in [5.41, 5.74) is 1.36. The summed E-state index contributed by atoms with van der Waals surface area (Å²) in [6.45, 7) is 0.303. The summed E-state index contributed by atoms with van der Waals surface area (Å²) in [4.78, 5) is 24.4. The second kappa shape index (κ2) is 6.58. The third kappa shape index (κ3) is 3.99. The Morgan fingerprint density at radius 3 is 2.36 bits per heavy atom. The quantitative estimate of drug-likeness (QED) is 0.919. The summed E-state index contributed by atoms with van der Waals surface area (Å²) >= 11 is 0. The van der Waals surface area contributed by atoms with E-state index in [4.69, 9.17) is 0 Å². The Bertz CT molecular complexity index is 801. The van der Waals surface area contributed by atoms with E-state index in [-0.39, 0.29) is 12.3 Å². The van der Waals surface area contributed by atoms with Crippen LogP contribution >= 0.6 is 0 Å². The second-order valence-electron chi connectivity index (χ2n) is 5.80. The molecule has 0 aliphatic carbocycles. The number of hydrogen-bond donors (Lipinski definition) is 1. The molecule has 25 heavy (non-hydrogen) atoms. The van der Waals surface area contributed by atoms with Gasteiger partial charge in [0.1, 0.15) is 0 Å². The van der Waals surface area contributed by atoms with Crippen LogP contribution in [-0.4, -0.2) is 18.5 Å². The Morgan fingerprint density at radius 2 is 1.72 bits per heavy atom. The number of amides is 3. The Hall–Kier alpha value is -2.83. The van der Waals surface area contributed by atoms with Crippen molar-refractivity contribution >= 4 is 17.6 Å². The van der Waals surface area contributed by atoms with E-state index in [1.54, 1.807) is 30.3 Å². The molecule has 0 unspecified atom stereocenters. The molecule has 2 aromatic carbocycles. The Morgan fingerprint density at radius 1 is 1.00 bits per heavy atom. The highest BCUT2D eigenvalue weighted by Crippen LogP contribution is 2.30. The molecular formula is C18H15F3N2O2. The molecule has 1 N–H and O–H groups in total. The highest BCUT2D eigenvalue weighted by Gasteiger charge is 2.30. The molecule has 0 saturated carbocycles. The smallest absolute Gasteiger partial charge is 0.294 e. The van der Waals surface area contributed by atoms with Crippen molar-refractivity contribution in [2.45, 2.75) is 19.0 Å². The van der Waals surface area contributed by atoms with E-state index in [0.717, 1.165) is 17.7 Å². The van der Waals surface area contributed by atoms with Crippen LogP contribution in [0.5, 0.6) is 0 Å². The summed E-state index contributed by atoms with van der Waals surface area (Å²) in [5, 5.41) is 2.24. The molecule has 0 atom stereocenters. The molecule has 1 saturated heterocycles. The molecule has 1 aliphatic heterocycles. The van der Waals surface area contributed by atoms with Crippen molar-refractivity contribution in [2.24, 2.45) is 0 Å². The fourth-order valence-corrected chi connectivity index (χ4v) is 2.70. The fourth-order valence-electron chi connectivity index (χ4n) is 2.70. The molecule has 0 spiro atoms. The maximum absolute atomic E-state index is 12.8. The SMILES string of the molecule is O=C1CCN(c2ccc(Cc3cccc(C(F)(F)F)c3)cc2)C(=O)N1. The van der Waals surface area contributed by atoms with Crippen LogP contribution < -0.4 is 10.2 Å². The van der Waals surface area contributed by atoms with Gasteiger partial charge in [-0.25, -0.2) is 4.79 Å². The normalized spacial score (nSPS) is 15.2. The van der Waals surface area contributed by atoms with Gasteiger partial charge in [-0.2, -0.15) is 13.2 Å². The number of benzene rings is 2. The van der Waals surface area contributed by atoms with E-state index in [1.165, 1.54) is 11.0 Å². The lowest BCUT2D eigenvalue weighted by Gasteiger charge is -2.26. The molecule has 1 fully saturated rings. The Labute approximate surface area is 142 Å². The number of halogens is 3. The molecule has 2 aromatic rings. The van der Waals surface area contributed by atoms with E-state index in [0.29, 0.717) is 24.2 Å². The third-order valence-electron chi connectivity index (χ3n) is 3.96. The molecule has 0 bridgehead atoms. The van der Waals surface area contributed by atoms with Crippen molar-refractivity contribution in [3.8, 4) is 0 Å². The predicted molar refractivity (Wildman–Crippen MR) is 86.2 cm³/mol. The zero-order valence-electron chi connectivity index (χ0n) is 13.1. The van der Waals surface area contributed by atoms with Gasteiger partial charge in [0.15, 0.2) is 0 Å². The first-order valence-corrected chi connectivity index (χ1v) is 7.69. The van der Waals surface area contributed by atoms with E-state index in [1.807, 2.05) is 0 Å². The molecule has 4 nitrogen and oxygen atoms in total. The van der Waals surface area contributed by atoms with Gasteiger partial charge >= 0.3 is 12.2 Å². The third-order valence-corrected chi connectivity index (χ3v) is 3.96. The van der Waals surface area contributed by atoms with Gasteiger partial charge < -0.3 is 0 Å². The molecule has 130 valence electrons. The van der Waals surface area contributed by atoms with Crippen molar-refractivity contribution in [1.82, 2.24) is 5.32 Å². The maximum Gasteiger partial charge on any atom is 0.416 e. The van der Waals surface area contributed by atoms with Crippen LogP contribution in [0.3, 0.4) is 0 Å². The van der Waals surface area contributed by atoms with Crippen molar-refractivity contribution < 1.29 is 22.8 Å². The Balaban J connectivity index is 1.73. The van der Waals surface area contributed by atoms with Gasteiger partial charge in [0.25, 0.3) is 0 Å². The van der Waals surface area contributed by atoms with Gasteiger partial charge in [-0.05, 0) is 35.7 Å². The minimum Gasteiger partial charge on any atom is -0.294 e. The van der Waals surface area contributed by atoms with Gasteiger partial charge in [0.05, 0.1) is 5.56 Å². The number of carbonyl (C=O) groups excluding carboxylic acids is 2. The van der Waals surface area contributed by atoms with Crippen LogP contribution in [0.1, 0.15) is 23.1 Å². The lowest BCUT2D eigenvalue weighted by Crippen LogP contribution is -2.49.